The monoisotopic (exact) mass is 302 g/mol. The molecule has 1 atom stereocenters. The van der Waals surface area contributed by atoms with Crippen molar-refractivity contribution in [2.75, 3.05) is 13.1 Å². The van der Waals surface area contributed by atoms with E-state index in [1.807, 2.05) is 0 Å². The summed E-state index contributed by atoms with van der Waals surface area (Å²) in [5.41, 5.74) is 5.00. The van der Waals surface area contributed by atoms with Crippen LogP contribution < -0.4 is 5.73 Å². The van der Waals surface area contributed by atoms with E-state index < -0.39 is 27.4 Å². The second kappa shape index (κ2) is 5.12. The van der Waals surface area contributed by atoms with Crippen LogP contribution in [-0.2, 0) is 10.0 Å². The lowest BCUT2D eigenvalue weighted by Gasteiger charge is -2.17. The Morgan fingerprint density at radius 2 is 2.15 bits per heavy atom. The van der Waals surface area contributed by atoms with Crippen molar-refractivity contribution >= 4 is 16.0 Å². The minimum atomic E-state index is -3.84. The Kier molecular flexibility index (Phi) is 3.81. The zero-order valence-corrected chi connectivity index (χ0v) is 11.7. The number of carboxylic acid groups (broad SMARTS) is 1. The van der Waals surface area contributed by atoms with Gasteiger partial charge in [-0.2, -0.15) is 4.31 Å². The first-order chi connectivity index (χ1) is 9.23. The van der Waals surface area contributed by atoms with Gasteiger partial charge in [-0.3, -0.25) is 0 Å². The highest BCUT2D eigenvalue weighted by atomic mass is 32.2. The van der Waals surface area contributed by atoms with Crippen LogP contribution in [-0.4, -0.2) is 42.9 Å². The molecule has 2 rings (SSSR count). The summed E-state index contributed by atoms with van der Waals surface area (Å²) >= 11 is 0. The van der Waals surface area contributed by atoms with Crippen molar-refractivity contribution in [2.24, 2.45) is 5.73 Å². The molecule has 3 N–H and O–H groups in total. The molecule has 1 heterocycles. The predicted molar refractivity (Wildman–Crippen MR) is 69.4 cm³/mol. The minimum absolute atomic E-state index is 0.0213. The third-order valence-corrected chi connectivity index (χ3v) is 5.13. The molecule has 1 aromatic rings. The summed E-state index contributed by atoms with van der Waals surface area (Å²) in [5, 5.41) is 8.92. The molecule has 6 nitrogen and oxygen atoms in total. The molecular weight excluding hydrogens is 287 g/mol. The van der Waals surface area contributed by atoms with E-state index in [1.54, 1.807) is 0 Å². The Morgan fingerprint density at radius 3 is 2.65 bits per heavy atom. The van der Waals surface area contributed by atoms with Gasteiger partial charge in [-0.05, 0) is 31.0 Å². The number of hydrogen-bond donors (Lipinski definition) is 2. The van der Waals surface area contributed by atoms with Crippen LogP contribution in [0.4, 0.5) is 4.39 Å². The molecule has 110 valence electrons. The fourth-order valence-electron chi connectivity index (χ4n) is 2.16. The topological polar surface area (TPSA) is 101 Å². The molecule has 8 heteroatoms. The highest BCUT2D eigenvalue weighted by molar-refractivity contribution is 7.89. The molecule has 0 aliphatic carbocycles. The third kappa shape index (κ3) is 2.54. The first kappa shape index (κ1) is 14.9. The average molecular weight is 302 g/mol. The molecule has 1 aromatic carbocycles. The first-order valence-electron chi connectivity index (χ1n) is 6.02. The Labute approximate surface area is 116 Å². The van der Waals surface area contributed by atoms with Crippen LogP contribution in [0.15, 0.2) is 17.0 Å². The summed E-state index contributed by atoms with van der Waals surface area (Å²) < 4.78 is 39.6. The Balaban J connectivity index is 2.50. The lowest BCUT2D eigenvalue weighted by Crippen LogP contribution is -2.32. The van der Waals surface area contributed by atoms with Crippen LogP contribution in [0.2, 0.25) is 0 Å². The van der Waals surface area contributed by atoms with Crippen LogP contribution in [0.25, 0.3) is 0 Å². The van der Waals surface area contributed by atoms with Crippen LogP contribution >= 0.6 is 0 Å². The quantitative estimate of drug-likeness (QED) is 0.849. The van der Waals surface area contributed by atoms with E-state index >= 15 is 0 Å². The third-order valence-electron chi connectivity index (χ3n) is 3.28. The molecule has 0 spiro atoms. The minimum Gasteiger partial charge on any atom is -0.478 e. The van der Waals surface area contributed by atoms with Gasteiger partial charge in [-0.1, -0.05) is 0 Å². The van der Waals surface area contributed by atoms with Crippen LogP contribution in [0.1, 0.15) is 22.3 Å². The van der Waals surface area contributed by atoms with Crippen molar-refractivity contribution in [2.45, 2.75) is 24.3 Å². The molecule has 0 amide bonds. The van der Waals surface area contributed by atoms with Crippen molar-refractivity contribution < 1.29 is 22.7 Å². The van der Waals surface area contributed by atoms with Crippen LogP contribution in [0, 0.1) is 12.7 Å². The Morgan fingerprint density at radius 1 is 1.50 bits per heavy atom. The lowest BCUT2D eigenvalue weighted by atomic mass is 10.1. The molecule has 1 unspecified atom stereocenters. The number of benzene rings is 1. The number of rotatable bonds is 3. The molecule has 0 bridgehead atoms. The predicted octanol–water partition coefficient (Wildman–Crippen LogP) is 0.554. The summed E-state index contributed by atoms with van der Waals surface area (Å²) in [6.07, 6.45) is 0.547. The van der Waals surface area contributed by atoms with Crippen molar-refractivity contribution in [3.63, 3.8) is 0 Å². The molecule has 1 fully saturated rings. The van der Waals surface area contributed by atoms with Gasteiger partial charge < -0.3 is 10.8 Å². The standard InChI is InChI=1S/C12H15FN2O4S/c1-7-4-9(5-10(11(7)13)12(16)17)20(18,19)15-3-2-8(14)6-15/h4-5,8H,2-3,6,14H2,1H3,(H,16,17). The number of sulfonamides is 1. The lowest BCUT2D eigenvalue weighted by molar-refractivity contribution is 0.0691. The first-order valence-corrected chi connectivity index (χ1v) is 7.46. The van der Waals surface area contributed by atoms with E-state index in [-0.39, 0.29) is 29.6 Å². The number of halogens is 1. The van der Waals surface area contributed by atoms with E-state index in [0.717, 1.165) is 12.1 Å². The molecule has 0 saturated carbocycles. The normalized spacial score (nSPS) is 20.2. The van der Waals surface area contributed by atoms with Gasteiger partial charge in [0.15, 0.2) is 0 Å². The molecule has 20 heavy (non-hydrogen) atoms. The summed E-state index contributed by atoms with van der Waals surface area (Å²) in [4.78, 5) is 10.7. The maximum atomic E-state index is 13.7. The number of carbonyl (C=O) groups is 1. The van der Waals surface area contributed by atoms with Gasteiger partial charge in [0.2, 0.25) is 10.0 Å². The highest BCUT2D eigenvalue weighted by Crippen LogP contribution is 2.24. The fraction of sp³-hybridized carbons (Fsp3) is 0.417. The van der Waals surface area contributed by atoms with Gasteiger partial charge in [-0.15, -0.1) is 0 Å². The van der Waals surface area contributed by atoms with Gasteiger partial charge in [0.25, 0.3) is 0 Å². The van der Waals surface area contributed by atoms with Gasteiger partial charge in [0.1, 0.15) is 5.82 Å². The van der Waals surface area contributed by atoms with E-state index in [4.69, 9.17) is 10.8 Å². The summed E-state index contributed by atoms with van der Waals surface area (Å²) in [5.74, 6) is -2.42. The Bertz CT molecular complexity index is 660. The second-order valence-corrected chi connectivity index (χ2v) is 6.76. The SMILES string of the molecule is Cc1cc(S(=O)(=O)N2CCC(N)C2)cc(C(=O)O)c1F. The molecule has 1 aliphatic heterocycles. The number of nitrogens with zero attached hydrogens (tertiary/aromatic N) is 1. The maximum Gasteiger partial charge on any atom is 0.338 e. The zero-order chi connectivity index (χ0) is 15.1. The van der Waals surface area contributed by atoms with Crippen molar-refractivity contribution in [1.82, 2.24) is 4.31 Å². The van der Waals surface area contributed by atoms with Gasteiger partial charge in [0.05, 0.1) is 10.5 Å². The highest BCUT2D eigenvalue weighted by Gasteiger charge is 2.32. The zero-order valence-electron chi connectivity index (χ0n) is 10.8. The molecule has 1 saturated heterocycles. The molecule has 0 radical (unpaired) electrons. The molecular formula is C12H15FN2O4S. The average Bonchev–Trinajstić information content (AvgIpc) is 2.79. The smallest absolute Gasteiger partial charge is 0.338 e. The van der Waals surface area contributed by atoms with Crippen molar-refractivity contribution in [3.8, 4) is 0 Å². The van der Waals surface area contributed by atoms with E-state index in [9.17, 15) is 17.6 Å². The number of aromatic carboxylic acids is 1. The number of aryl methyl sites for hydroxylation is 1. The number of hydrogen-bond acceptors (Lipinski definition) is 4. The Hall–Kier alpha value is -1.51. The van der Waals surface area contributed by atoms with E-state index in [1.165, 1.54) is 11.2 Å². The maximum absolute atomic E-state index is 13.7. The van der Waals surface area contributed by atoms with Crippen molar-refractivity contribution in [3.05, 3.63) is 29.1 Å². The van der Waals surface area contributed by atoms with Crippen LogP contribution in [0.5, 0.6) is 0 Å². The summed E-state index contributed by atoms with van der Waals surface area (Å²) in [6, 6.07) is 1.76. The van der Waals surface area contributed by atoms with Gasteiger partial charge in [-0.25, -0.2) is 17.6 Å². The number of nitrogens with two attached hydrogens (primary N) is 1. The van der Waals surface area contributed by atoms with Crippen molar-refractivity contribution in [1.29, 1.82) is 0 Å². The number of carboxylic acids is 1. The summed E-state index contributed by atoms with van der Waals surface area (Å²) in [7, 11) is -3.84. The molecule has 1 aliphatic rings. The van der Waals surface area contributed by atoms with E-state index in [0.29, 0.717) is 6.42 Å². The van der Waals surface area contributed by atoms with Crippen LogP contribution in [0.3, 0.4) is 0 Å². The largest absolute Gasteiger partial charge is 0.478 e. The fourth-order valence-corrected chi connectivity index (χ4v) is 3.79. The molecule has 0 aromatic heterocycles. The summed E-state index contributed by atoms with van der Waals surface area (Å²) in [6.45, 7) is 1.79. The van der Waals surface area contributed by atoms with E-state index in [2.05, 4.69) is 0 Å². The second-order valence-electron chi connectivity index (χ2n) is 4.82. The van der Waals surface area contributed by atoms with Gasteiger partial charge >= 0.3 is 5.97 Å². The van der Waals surface area contributed by atoms with Gasteiger partial charge in [0, 0.05) is 19.1 Å².